The third-order valence-corrected chi connectivity index (χ3v) is 4.70. The molecular weight excluding hydrogens is 382 g/mol. The highest BCUT2D eigenvalue weighted by molar-refractivity contribution is 7.89. The van der Waals surface area contributed by atoms with Crippen LogP contribution in [-0.2, 0) is 14.8 Å². The van der Waals surface area contributed by atoms with E-state index in [1.54, 1.807) is 18.2 Å². The number of nitrogens with zero attached hydrogens (tertiary/aromatic N) is 1. The molecule has 2 rings (SSSR count). The van der Waals surface area contributed by atoms with Crippen molar-refractivity contribution in [2.75, 3.05) is 18.5 Å². The standard InChI is InChI=1S/C19H23N3O5S/c1-4-26-17-9-6-15(19(12-17)27-5-2)13-20-22-28(24,25)18-10-7-16(8-11-18)21-14(3)23/h6-13,22H,4-5H2,1-3H3,(H,21,23). The van der Waals surface area contributed by atoms with E-state index in [-0.39, 0.29) is 10.8 Å². The molecule has 0 fully saturated rings. The summed E-state index contributed by atoms with van der Waals surface area (Å²) in [5, 5.41) is 6.40. The van der Waals surface area contributed by atoms with Crippen LogP contribution >= 0.6 is 0 Å². The lowest BCUT2D eigenvalue weighted by Crippen LogP contribution is -2.18. The van der Waals surface area contributed by atoms with E-state index in [9.17, 15) is 13.2 Å². The fraction of sp³-hybridized carbons (Fsp3) is 0.263. The predicted molar refractivity (Wildman–Crippen MR) is 107 cm³/mol. The third-order valence-electron chi connectivity index (χ3n) is 3.46. The van der Waals surface area contributed by atoms with Gasteiger partial charge in [-0.15, -0.1) is 0 Å². The quantitative estimate of drug-likeness (QED) is 0.493. The van der Waals surface area contributed by atoms with Crippen LogP contribution < -0.4 is 19.6 Å². The van der Waals surface area contributed by atoms with E-state index in [0.717, 1.165) is 0 Å². The van der Waals surface area contributed by atoms with Gasteiger partial charge in [-0.05, 0) is 50.2 Å². The Balaban J connectivity index is 2.13. The number of carbonyl (C=O) groups excluding carboxylic acids is 1. The summed E-state index contributed by atoms with van der Waals surface area (Å²) in [5.41, 5.74) is 1.11. The lowest BCUT2D eigenvalue weighted by molar-refractivity contribution is -0.114. The molecule has 2 N–H and O–H groups in total. The van der Waals surface area contributed by atoms with E-state index >= 15 is 0 Å². The summed E-state index contributed by atoms with van der Waals surface area (Å²) in [6.45, 7) is 6.08. The van der Waals surface area contributed by atoms with Crippen LogP contribution in [0.25, 0.3) is 0 Å². The summed E-state index contributed by atoms with van der Waals surface area (Å²) < 4.78 is 35.7. The van der Waals surface area contributed by atoms with Crippen LogP contribution in [0.1, 0.15) is 26.3 Å². The number of carbonyl (C=O) groups is 1. The number of hydrogen-bond donors (Lipinski definition) is 2. The second-order valence-corrected chi connectivity index (χ2v) is 7.28. The summed E-state index contributed by atoms with van der Waals surface area (Å²) in [6, 6.07) is 11.0. The molecule has 0 bridgehead atoms. The predicted octanol–water partition coefficient (Wildman–Crippen LogP) is 2.75. The average Bonchev–Trinajstić information content (AvgIpc) is 2.64. The second-order valence-electron chi connectivity index (χ2n) is 5.62. The van der Waals surface area contributed by atoms with Crippen molar-refractivity contribution in [3.05, 3.63) is 48.0 Å². The van der Waals surface area contributed by atoms with Crippen LogP contribution in [0.3, 0.4) is 0 Å². The third kappa shape index (κ3) is 5.98. The highest BCUT2D eigenvalue weighted by atomic mass is 32.2. The van der Waals surface area contributed by atoms with Crippen molar-refractivity contribution in [2.45, 2.75) is 25.7 Å². The summed E-state index contributed by atoms with van der Waals surface area (Å²) >= 11 is 0. The summed E-state index contributed by atoms with van der Waals surface area (Å²) in [5.74, 6) is 0.956. The number of anilines is 1. The maximum Gasteiger partial charge on any atom is 0.276 e. The van der Waals surface area contributed by atoms with E-state index in [1.165, 1.54) is 37.4 Å². The first-order chi connectivity index (χ1) is 13.4. The second kappa shape index (κ2) is 9.75. The Morgan fingerprint density at radius 1 is 1.07 bits per heavy atom. The van der Waals surface area contributed by atoms with Crippen molar-refractivity contribution in [1.29, 1.82) is 0 Å². The fourth-order valence-corrected chi connectivity index (χ4v) is 3.09. The minimum absolute atomic E-state index is 0.0236. The fourth-order valence-electron chi connectivity index (χ4n) is 2.30. The van der Waals surface area contributed by atoms with Crippen molar-refractivity contribution < 1.29 is 22.7 Å². The van der Waals surface area contributed by atoms with E-state index in [4.69, 9.17) is 9.47 Å². The number of hydrogen-bond acceptors (Lipinski definition) is 6. The van der Waals surface area contributed by atoms with Crippen molar-refractivity contribution in [2.24, 2.45) is 5.10 Å². The van der Waals surface area contributed by atoms with E-state index in [0.29, 0.717) is 36.0 Å². The summed E-state index contributed by atoms with van der Waals surface area (Å²) in [4.78, 5) is 13.2. The zero-order chi connectivity index (χ0) is 20.6. The van der Waals surface area contributed by atoms with Gasteiger partial charge in [0.2, 0.25) is 5.91 Å². The van der Waals surface area contributed by atoms with Gasteiger partial charge in [-0.25, -0.2) is 4.83 Å². The van der Waals surface area contributed by atoms with Gasteiger partial charge in [-0.1, -0.05) is 0 Å². The molecule has 0 spiro atoms. The molecule has 150 valence electrons. The molecule has 1 amide bonds. The molecule has 0 atom stereocenters. The highest BCUT2D eigenvalue weighted by Gasteiger charge is 2.13. The first kappa shape index (κ1) is 21.2. The zero-order valence-corrected chi connectivity index (χ0v) is 16.7. The topological polar surface area (TPSA) is 106 Å². The Hall–Kier alpha value is -3.07. The van der Waals surface area contributed by atoms with Crippen molar-refractivity contribution in [3.8, 4) is 11.5 Å². The molecule has 0 saturated heterocycles. The van der Waals surface area contributed by atoms with Crippen LogP contribution in [0.4, 0.5) is 5.69 Å². The molecule has 0 heterocycles. The molecule has 0 saturated carbocycles. The molecule has 0 aliphatic rings. The maximum atomic E-state index is 12.3. The Kier molecular flexibility index (Phi) is 7.39. The van der Waals surface area contributed by atoms with Gasteiger partial charge in [-0.2, -0.15) is 13.5 Å². The molecule has 9 heteroatoms. The van der Waals surface area contributed by atoms with Gasteiger partial charge in [0.15, 0.2) is 0 Å². The summed E-state index contributed by atoms with van der Waals surface area (Å²) in [6.07, 6.45) is 1.37. The summed E-state index contributed by atoms with van der Waals surface area (Å²) in [7, 11) is -3.84. The number of sulfonamides is 1. The normalized spacial score (nSPS) is 11.2. The van der Waals surface area contributed by atoms with Gasteiger partial charge >= 0.3 is 0 Å². The highest BCUT2D eigenvalue weighted by Crippen LogP contribution is 2.24. The molecule has 2 aromatic rings. The number of rotatable bonds is 9. The van der Waals surface area contributed by atoms with Gasteiger partial charge in [-0.3, -0.25) is 4.79 Å². The number of hydrazone groups is 1. The Bertz CT molecular complexity index is 941. The van der Waals surface area contributed by atoms with Crippen molar-refractivity contribution in [1.82, 2.24) is 4.83 Å². The average molecular weight is 405 g/mol. The molecule has 28 heavy (non-hydrogen) atoms. The van der Waals surface area contributed by atoms with E-state index < -0.39 is 10.0 Å². The molecule has 2 aromatic carbocycles. The Morgan fingerprint density at radius 2 is 1.75 bits per heavy atom. The van der Waals surface area contributed by atoms with Gasteiger partial charge in [0, 0.05) is 24.2 Å². The molecule has 0 aliphatic carbocycles. The van der Waals surface area contributed by atoms with Crippen molar-refractivity contribution >= 4 is 27.8 Å². The molecule has 0 radical (unpaired) electrons. The van der Waals surface area contributed by atoms with Crippen molar-refractivity contribution in [3.63, 3.8) is 0 Å². The zero-order valence-electron chi connectivity index (χ0n) is 15.9. The van der Waals surface area contributed by atoms with Gasteiger partial charge in [0.1, 0.15) is 11.5 Å². The van der Waals surface area contributed by atoms with Gasteiger partial charge in [0.05, 0.1) is 24.3 Å². The SMILES string of the molecule is CCOc1ccc(C=NNS(=O)(=O)c2ccc(NC(C)=O)cc2)c(OCC)c1. The Morgan fingerprint density at radius 3 is 2.36 bits per heavy atom. The number of benzene rings is 2. The molecule has 0 aromatic heterocycles. The first-order valence-electron chi connectivity index (χ1n) is 8.68. The molecule has 0 aliphatic heterocycles. The smallest absolute Gasteiger partial charge is 0.276 e. The Labute approximate surface area is 164 Å². The van der Waals surface area contributed by atoms with Crippen LogP contribution in [0.5, 0.6) is 11.5 Å². The monoisotopic (exact) mass is 405 g/mol. The largest absolute Gasteiger partial charge is 0.494 e. The van der Waals surface area contributed by atoms with E-state index in [1.807, 2.05) is 13.8 Å². The maximum absolute atomic E-state index is 12.3. The lowest BCUT2D eigenvalue weighted by atomic mass is 10.2. The molecular formula is C19H23N3O5S. The van der Waals surface area contributed by atoms with Crippen LogP contribution in [0.15, 0.2) is 52.5 Å². The molecule has 0 unspecified atom stereocenters. The lowest BCUT2D eigenvalue weighted by Gasteiger charge is -2.10. The van der Waals surface area contributed by atoms with Gasteiger partial charge in [0.25, 0.3) is 10.0 Å². The van der Waals surface area contributed by atoms with Crippen LogP contribution in [0, 0.1) is 0 Å². The number of ether oxygens (including phenoxy) is 2. The van der Waals surface area contributed by atoms with Crippen LogP contribution in [0.2, 0.25) is 0 Å². The van der Waals surface area contributed by atoms with E-state index in [2.05, 4.69) is 15.2 Å². The minimum Gasteiger partial charge on any atom is -0.494 e. The van der Waals surface area contributed by atoms with Crippen LogP contribution in [-0.4, -0.2) is 33.8 Å². The number of amides is 1. The first-order valence-corrected chi connectivity index (χ1v) is 10.2. The van der Waals surface area contributed by atoms with Gasteiger partial charge < -0.3 is 14.8 Å². The minimum atomic E-state index is -3.84. The number of nitrogens with one attached hydrogen (secondary N) is 2. The molecule has 8 nitrogen and oxygen atoms in total.